The Kier molecular flexibility index (Phi) is 5.37. The maximum absolute atomic E-state index is 13.3. The average Bonchev–Trinajstić information content (AvgIpc) is 3.29. The van der Waals surface area contributed by atoms with Gasteiger partial charge in [-0.3, -0.25) is 9.69 Å². The monoisotopic (exact) mass is 420 g/mol. The molecular formula is C20H18Cl2N2O2S. The molecule has 27 heavy (non-hydrogen) atoms. The lowest BCUT2D eigenvalue weighted by Gasteiger charge is -2.23. The lowest BCUT2D eigenvalue weighted by atomic mass is 10.1. The Bertz CT molecular complexity index is 999. The molecule has 1 atom stereocenters. The zero-order chi connectivity index (χ0) is 19.0. The molecule has 140 valence electrons. The maximum Gasteiger partial charge on any atom is 0.261 e. The first-order chi connectivity index (χ1) is 13.0. The molecule has 1 aromatic heterocycles. The minimum Gasteiger partial charge on any atom is -0.376 e. The van der Waals surface area contributed by atoms with Gasteiger partial charge in [-0.25, -0.2) is 4.98 Å². The molecular weight excluding hydrogens is 403 g/mol. The van der Waals surface area contributed by atoms with Crippen molar-refractivity contribution in [3.05, 3.63) is 57.6 Å². The van der Waals surface area contributed by atoms with Crippen LogP contribution in [0.5, 0.6) is 0 Å². The van der Waals surface area contributed by atoms with Crippen molar-refractivity contribution in [3.63, 3.8) is 0 Å². The summed E-state index contributed by atoms with van der Waals surface area (Å²) in [7, 11) is 0. The van der Waals surface area contributed by atoms with Crippen LogP contribution < -0.4 is 4.90 Å². The summed E-state index contributed by atoms with van der Waals surface area (Å²) in [6.45, 7) is 3.15. The summed E-state index contributed by atoms with van der Waals surface area (Å²) in [5.41, 5.74) is 2.32. The lowest BCUT2D eigenvalue weighted by Crippen LogP contribution is -2.37. The van der Waals surface area contributed by atoms with Crippen LogP contribution >= 0.6 is 34.5 Å². The van der Waals surface area contributed by atoms with E-state index in [1.54, 1.807) is 17.0 Å². The molecule has 1 fully saturated rings. The standard InChI is InChI=1S/C20H18Cl2N2O2S/c1-12-9-13(21)10-17-18(12)23-20(27-17)24(11-14-5-4-8-26-14)19(25)15-6-2-3-7-16(15)22/h2-3,6-7,9-10,14H,4-5,8,11H2,1H3. The van der Waals surface area contributed by atoms with Crippen molar-refractivity contribution in [1.82, 2.24) is 4.98 Å². The Morgan fingerprint density at radius 2 is 2.15 bits per heavy atom. The number of amides is 1. The molecule has 7 heteroatoms. The number of hydrogen-bond acceptors (Lipinski definition) is 4. The summed E-state index contributed by atoms with van der Waals surface area (Å²) in [5.74, 6) is -0.168. The van der Waals surface area contributed by atoms with E-state index in [1.165, 1.54) is 11.3 Å². The first-order valence-electron chi connectivity index (χ1n) is 8.77. The molecule has 2 heterocycles. The molecule has 3 aromatic rings. The van der Waals surface area contributed by atoms with Gasteiger partial charge in [0.15, 0.2) is 5.13 Å². The molecule has 1 aliphatic heterocycles. The number of carbonyl (C=O) groups is 1. The molecule has 0 bridgehead atoms. The first kappa shape index (κ1) is 18.7. The predicted molar refractivity (Wildman–Crippen MR) is 111 cm³/mol. The minimum atomic E-state index is -0.168. The van der Waals surface area contributed by atoms with Crippen molar-refractivity contribution in [2.75, 3.05) is 18.1 Å². The molecule has 0 spiro atoms. The summed E-state index contributed by atoms with van der Waals surface area (Å²) < 4.78 is 6.72. The fourth-order valence-corrected chi connectivity index (χ4v) is 4.92. The third kappa shape index (κ3) is 3.83. The highest BCUT2D eigenvalue weighted by molar-refractivity contribution is 7.22. The summed E-state index contributed by atoms with van der Waals surface area (Å²) in [6.07, 6.45) is 1.95. The Morgan fingerprint density at radius 1 is 1.33 bits per heavy atom. The highest BCUT2D eigenvalue weighted by Gasteiger charge is 2.28. The number of anilines is 1. The van der Waals surface area contributed by atoms with Crippen LogP contribution in [-0.4, -0.2) is 30.1 Å². The number of aryl methyl sites for hydroxylation is 1. The first-order valence-corrected chi connectivity index (χ1v) is 10.3. The molecule has 0 N–H and O–H groups in total. The molecule has 0 saturated carbocycles. The minimum absolute atomic E-state index is 0.00753. The maximum atomic E-state index is 13.3. The number of carbonyl (C=O) groups excluding carboxylic acids is 1. The van der Waals surface area contributed by atoms with Gasteiger partial charge in [0.25, 0.3) is 5.91 Å². The molecule has 4 rings (SSSR count). The van der Waals surface area contributed by atoms with Crippen LogP contribution in [0.1, 0.15) is 28.8 Å². The smallest absolute Gasteiger partial charge is 0.261 e. The average molecular weight is 421 g/mol. The van der Waals surface area contributed by atoms with Gasteiger partial charge in [-0.05, 0) is 49.6 Å². The molecule has 0 aliphatic carbocycles. The molecule has 4 nitrogen and oxygen atoms in total. The van der Waals surface area contributed by atoms with Crippen LogP contribution in [0.15, 0.2) is 36.4 Å². The van der Waals surface area contributed by atoms with Crippen molar-refractivity contribution in [2.45, 2.75) is 25.9 Å². The SMILES string of the molecule is Cc1cc(Cl)cc2sc(N(CC3CCCO3)C(=O)c3ccccc3Cl)nc12. The lowest BCUT2D eigenvalue weighted by molar-refractivity contribution is 0.0917. The van der Waals surface area contributed by atoms with Crippen LogP contribution in [0, 0.1) is 6.92 Å². The van der Waals surface area contributed by atoms with Gasteiger partial charge in [0.2, 0.25) is 0 Å². The van der Waals surface area contributed by atoms with Crippen molar-refractivity contribution in [3.8, 4) is 0 Å². The second-order valence-corrected chi connectivity index (χ2v) is 8.45. The molecule has 1 unspecified atom stereocenters. The number of benzene rings is 2. The number of thiazole rings is 1. The van der Waals surface area contributed by atoms with Gasteiger partial charge in [-0.2, -0.15) is 0 Å². The third-order valence-electron chi connectivity index (χ3n) is 4.63. The zero-order valence-electron chi connectivity index (χ0n) is 14.7. The van der Waals surface area contributed by atoms with E-state index in [0.29, 0.717) is 27.3 Å². The van der Waals surface area contributed by atoms with E-state index in [-0.39, 0.29) is 12.0 Å². The molecule has 2 aromatic carbocycles. The normalized spacial score (nSPS) is 16.8. The van der Waals surface area contributed by atoms with Gasteiger partial charge < -0.3 is 4.74 Å². The van der Waals surface area contributed by atoms with E-state index in [9.17, 15) is 4.79 Å². The number of rotatable bonds is 4. The molecule has 1 saturated heterocycles. The van der Waals surface area contributed by atoms with Gasteiger partial charge in [-0.15, -0.1) is 0 Å². The predicted octanol–water partition coefficient (Wildman–Crippen LogP) is 5.74. The zero-order valence-corrected chi connectivity index (χ0v) is 17.1. The summed E-state index contributed by atoms with van der Waals surface area (Å²) in [5, 5.41) is 1.73. The van der Waals surface area contributed by atoms with Crippen LogP contribution in [0.3, 0.4) is 0 Å². The molecule has 1 aliphatic rings. The number of halogens is 2. The Labute approximate surface area is 171 Å². The van der Waals surface area contributed by atoms with Crippen molar-refractivity contribution < 1.29 is 9.53 Å². The second-order valence-electron chi connectivity index (χ2n) is 6.60. The Morgan fingerprint density at radius 3 is 2.89 bits per heavy atom. The van der Waals surface area contributed by atoms with Crippen LogP contribution in [0.25, 0.3) is 10.2 Å². The van der Waals surface area contributed by atoms with Gasteiger partial charge >= 0.3 is 0 Å². The van der Waals surface area contributed by atoms with E-state index in [4.69, 9.17) is 32.9 Å². The second kappa shape index (κ2) is 7.76. The Balaban J connectivity index is 1.76. The van der Waals surface area contributed by atoms with Gasteiger partial charge in [-0.1, -0.05) is 46.7 Å². The van der Waals surface area contributed by atoms with Gasteiger partial charge in [0.1, 0.15) is 0 Å². The van der Waals surface area contributed by atoms with Gasteiger partial charge in [0.05, 0.1) is 33.5 Å². The molecule has 1 amide bonds. The summed E-state index contributed by atoms with van der Waals surface area (Å²) in [4.78, 5) is 19.7. The quantitative estimate of drug-likeness (QED) is 0.540. The summed E-state index contributed by atoms with van der Waals surface area (Å²) in [6, 6.07) is 10.9. The van der Waals surface area contributed by atoms with E-state index in [1.807, 2.05) is 31.2 Å². The topological polar surface area (TPSA) is 42.4 Å². The van der Waals surface area contributed by atoms with Crippen LogP contribution in [0.4, 0.5) is 5.13 Å². The third-order valence-corrected chi connectivity index (χ3v) is 6.20. The fraction of sp³-hybridized carbons (Fsp3) is 0.300. The number of ether oxygens (including phenoxy) is 1. The van der Waals surface area contributed by atoms with E-state index in [2.05, 4.69) is 0 Å². The largest absolute Gasteiger partial charge is 0.376 e. The Hall–Kier alpha value is -1.66. The van der Waals surface area contributed by atoms with Crippen molar-refractivity contribution >= 4 is 55.8 Å². The van der Waals surface area contributed by atoms with Crippen molar-refractivity contribution in [2.24, 2.45) is 0 Å². The highest BCUT2D eigenvalue weighted by atomic mass is 35.5. The van der Waals surface area contributed by atoms with Crippen molar-refractivity contribution in [1.29, 1.82) is 0 Å². The van der Waals surface area contributed by atoms with Crippen LogP contribution in [-0.2, 0) is 4.74 Å². The fourth-order valence-electron chi connectivity index (χ4n) is 3.28. The van der Waals surface area contributed by atoms with Crippen LogP contribution in [0.2, 0.25) is 10.0 Å². The number of fused-ring (bicyclic) bond motifs is 1. The van der Waals surface area contributed by atoms with E-state index in [0.717, 1.165) is 35.2 Å². The summed E-state index contributed by atoms with van der Waals surface area (Å²) >= 11 is 13.9. The number of nitrogens with zero attached hydrogens (tertiary/aromatic N) is 2. The number of hydrogen-bond donors (Lipinski definition) is 0. The molecule has 0 radical (unpaired) electrons. The van der Waals surface area contributed by atoms with Gasteiger partial charge in [0, 0.05) is 11.6 Å². The van der Waals surface area contributed by atoms with E-state index >= 15 is 0 Å². The number of aromatic nitrogens is 1. The highest BCUT2D eigenvalue weighted by Crippen LogP contribution is 2.34. The van der Waals surface area contributed by atoms with E-state index < -0.39 is 0 Å².